The van der Waals surface area contributed by atoms with Crippen LogP contribution in [-0.2, 0) is 4.79 Å². The molecule has 1 aliphatic carbocycles. The second kappa shape index (κ2) is 8.33. The first-order chi connectivity index (χ1) is 15.6. The summed E-state index contributed by atoms with van der Waals surface area (Å²) in [5.74, 6) is 1.58. The number of nitrogens with two attached hydrogens (primary N) is 1. The van der Waals surface area contributed by atoms with Crippen LogP contribution in [0.4, 0.5) is 11.5 Å². The van der Waals surface area contributed by atoms with E-state index in [2.05, 4.69) is 19.9 Å². The number of hydrogen-bond donors (Lipinski definition) is 2. The molecule has 3 N–H and O–H groups in total. The van der Waals surface area contributed by atoms with Gasteiger partial charge in [-0.2, -0.15) is 0 Å². The second-order valence-corrected chi connectivity index (χ2v) is 8.00. The number of amides is 1. The minimum atomic E-state index is -0.0339. The van der Waals surface area contributed by atoms with E-state index < -0.39 is 0 Å². The number of imidazole rings is 1. The summed E-state index contributed by atoms with van der Waals surface area (Å²) in [5, 5.41) is 3.01. The number of furan rings is 1. The summed E-state index contributed by atoms with van der Waals surface area (Å²) in [5.41, 5.74) is 8.96. The van der Waals surface area contributed by atoms with Gasteiger partial charge in [-0.1, -0.05) is 6.07 Å². The van der Waals surface area contributed by atoms with Crippen LogP contribution in [0.15, 0.2) is 53.6 Å². The van der Waals surface area contributed by atoms with Crippen molar-refractivity contribution in [2.24, 2.45) is 5.92 Å². The zero-order chi connectivity index (χ0) is 22.1. The highest BCUT2D eigenvalue weighted by molar-refractivity contribution is 5.92. The molecule has 9 nitrogen and oxygen atoms in total. The number of hydrogen-bond acceptors (Lipinski definition) is 7. The molecule has 0 unspecified atom stereocenters. The summed E-state index contributed by atoms with van der Waals surface area (Å²) in [6, 6.07) is 9.40. The van der Waals surface area contributed by atoms with Crippen molar-refractivity contribution < 1.29 is 13.9 Å². The van der Waals surface area contributed by atoms with Crippen molar-refractivity contribution in [3.8, 4) is 17.1 Å². The average Bonchev–Trinajstić information content (AvgIpc) is 3.50. The Hall–Kier alpha value is -3.88. The van der Waals surface area contributed by atoms with Crippen molar-refractivity contribution in [2.45, 2.75) is 31.7 Å². The van der Waals surface area contributed by atoms with E-state index in [9.17, 15) is 4.79 Å². The number of nitrogens with one attached hydrogen (secondary N) is 1. The smallest absolute Gasteiger partial charge is 0.227 e. The van der Waals surface area contributed by atoms with Gasteiger partial charge in [0.05, 0.1) is 25.3 Å². The Kier molecular flexibility index (Phi) is 5.22. The molecule has 3 aromatic heterocycles. The van der Waals surface area contributed by atoms with Gasteiger partial charge >= 0.3 is 0 Å². The highest BCUT2D eigenvalue weighted by Crippen LogP contribution is 2.35. The van der Waals surface area contributed by atoms with E-state index in [0.717, 1.165) is 42.7 Å². The number of nitrogens with zero attached hydrogens (tertiary/aromatic N) is 4. The molecule has 3 heterocycles. The van der Waals surface area contributed by atoms with E-state index in [1.165, 1.54) is 0 Å². The van der Waals surface area contributed by atoms with Gasteiger partial charge in [0.2, 0.25) is 5.91 Å². The van der Waals surface area contributed by atoms with Crippen molar-refractivity contribution in [3.05, 3.63) is 49.2 Å². The molecule has 1 aliphatic rings. The van der Waals surface area contributed by atoms with Gasteiger partial charge in [0.25, 0.3) is 0 Å². The number of nitrogen functional groups attached to an aromatic ring is 1. The van der Waals surface area contributed by atoms with Gasteiger partial charge in [-0.25, -0.2) is 15.0 Å². The molecule has 0 radical (unpaired) electrons. The first-order valence-electron chi connectivity index (χ1n) is 10.6. The van der Waals surface area contributed by atoms with Crippen LogP contribution in [0.5, 0.6) is 5.75 Å². The van der Waals surface area contributed by atoms with Crippen LogP contribution in [0.3, 0.4) is 0 Å². The summed E-state index contributed by atoms with van der Waals surface area (Å²) in [6.07, 6.45) is 8.22. The summed E-state index contributed by atoms with van der Waals surface area (Å²) in [4.78, 5) is 26.3. The van der Waals surface area contributed by atoms with E-state index in [4.69, 9.17) is 19.9 Å². The van der Waals surface area contributed by atoms with Crippen LogP contribution < -0.4 is 15.8 Å². The van der Waals surface area contributed by atoms with Crippen molar-refractivity contribution in [3.63, 3.8) is 0 Å². The lowest BCUT2D eigenvalue weighted by molar-refractivity contribution is -0.120. The minimum Gasteiger partial charge on any atom is -0.497 e. The molecule has 0 spiro atoms. The number of benzene rings is 1. The maximum Gasteiger partial charge on any atom is 0.227 e. The molecule has 9 heteroatoms. The number of methoxy groups -OCH3 is 1. The Labute approximate surface area is 184 Å². The van der Waals surface area contributed by atoms with Gasteiger partial charge in [0.15, 0.2) is 17.3 Å². The summed E-state index contributed by atoms with van der Waals surface area (Å²) in [6.45, 7) is 0. The first-order valence-corrected chi connectivity index (χ1v) is 10.6. The van der Waals surface area contributed by atoms with Gasteiger partial charge in [-0.05, 0) is 43.9 Å². The normalized spacial score (nSPS) is 18.5. The molecule has 5 rings (SSSR count). The van der Waals surface area contributed by atoms with Gasteiger partial charge in [-0.15, -0.1) is 0 Å². The topological polar surface area (TPSA) is 121 Å². The SMILES string of the molecule is COc1cccc(NC(=O)C2CCC(n3cnc4c(N)nc(-c5ccoc5)nc43)CC2)c1. The van der Waals surface area contributed by atoms with Crippen molar-refractivity contribution in [2.75, 3.05) is 18.2 Å². The van der Waals surface area contributed by atoms with Gasteiger partial charge in [0, 0.05) is 23.7 Å². The largest absolute Gasteiger partial charge is 0.497 e. The van der Waals surface area contributed by atoms with Gasteiger partial charge in [-0.3, -0.25) is 4.79 Å². The molecule has 0 saturated heterocycles. The lowest BCUT2D eigenvalue weighted by Gasteiger charge is -2.28. The van der Waals surface area contributed by atoms with Crippen LogP contribution in [0.25, 0.3) is 22.6 Å². The zero-order valence-corrected chi connectivity index (χ0v) is 17.7. The molecule has 4 aromatic rings. The lowest BCUT2D eigenvalue weighted by atomic mass is 9.85. The Morgan fingerprint density at radius 1 is 1.22 bits per heavy atom. The van der Waals surface area contributed by atoms with E-state index in [0.29, 0.717) is 22.8 Å². The molecule has 1 aromatic carbocycles. The number of anilines is 2. The second-order valence-electron chi connectivity index (χ2n) is 8.00. The van der Waals surface area contributed by atoms with Gasteiger partial charge in [0.1, 0.15) is 17.5 Å². The van der Waals surface area contributed by atoms with E-state index in [1.54, 1.807) is 32.0 Å². The average molecular weight is 432 g/mol. The standard InChI is InChI=1S/C23H24N6O3/c1-31-18-4-2-3-16(11-18)26-23(30)14-5-7-17(8-6-14)29-13-25-19-20(24)27-21(28-22(19)29)15-9-10-32-12-15/h2-4,9-14,17H,5-8H2,1H3,(H,26,30)(H2,24,27,28). The first kappa shape index (κ1) is 20.0. The van der Waals surface area contributed by atoms with Gasteiger partial charge < -0.3 is 24.8 Å². The Bertz CT molecular complexity index is 1240. The molecule has 1 saturated carbocycles. The fourth-order valence-corrected chi connectivity index (χ4v) is 4.29. The third-order valence-corrected chi connectivity index (χ3v) is 6.03. The Morgan fingerprint density at radius 3 is 2.81 bits per heavy atom. The van der Waals surface area contributed by atoms with Crippen LogP contribution in [0.1, 0.15) is 31.7 Å². The molecule has 1 fully saturated rings. The Balaban J connectivity index is 1.30. The number of aromatic nitrogens is 4. The molecule has 32 heavy (non-hydrogen) atoms. The molecule has 164 valence electrons. The quantitative estimate of drug-likeness (QED) is 0.488. The third kappa shape index (κ3) is 3.77. The van der Waals surface area contributed by atoms with Crippen molar-refractivity contribution >= 4 is 28.6 Å². The van der Waals surface area contributed by atoms with E-state index in [-0.39, 0.29) is 17.9 Å². The predicted octanol–water partition coefficient (Wildman–Crippen LogP) is 4.05. The Morgan fingerprint density at radius 2 is 2.06 bits per heavy atom. The zero-order valence-electron chi connectivity index (χ0n) is 17.7. The highest BCUT2D eigenvalue weighted by atomic mass is 16.5. The number of carbonyl (C=O) groups excluding carboxylic acids is 1. The van der Waals surface area contributed by atoms with Crippen molar-refractivity contribution in [1.29, 1.82) is 0 Å². The van der Waals surface area contributed by atoms with Crippen LogP contribution in [0, 0.1) is 5.92 Å². The van der Waals surface area contributed by atoms with Crippen LogP contribution >= 0.6 is 0 Å². The summed E-state index contributed by atoms with van der Waals surface area (Å²) < 4.78 is 12.4. The molecule has 0 aliphatic heterocycles. The fraction of sp³-hybridized carbons (Fsp3) is 0.304. The number of carbonyl (C=O) groups is 1. The molecular weight excluding hydrogens is 408 g/mol. The number of ether oxygens (including phenoxy) is 1. The monoisotopic (exact) mass is 432 g/mol. The molecule has 0 atom stereocenters. The fourth-order valence-electron chi connectivity index (χ4n) is 4.29. The summed E-state index contributed by atoms with van der Waals surface area (Å²) >= 11 is 0. The predicted molar refractivity (Wildman–Crippen MR) is 120 cm³/mol. The van der Waals surface area contributed by atoms with Crippen molar-refractivity contribution in [1.82, 2.24) is 19.5 Å². The van der Waals surface area contributed by atoms with Crippen LogP contribution in [0.2, 0.25) is 0 Å². The minimum absolute atomic E-state index is 0.0339. The van der Waals surface area contributed by atoms with Crippen LogP contribution in [-0.4, -0.2) is 32.5 Å². The molecule has 0 bridgehead atoms. The third-order valence-electron chi connectivity index (χ3n) is 6.03. The highest BCUT2D eigenvalue weighted by Gasteiger charge is 2.28. The van der Waals surface area contributed by atoms with E-state index >= 15 is 0 Å². The number of rotatable bonds is 5. The maximum atomic E-state index is 12.8. The maximum absolute atomic E-state index is 12.8. The molecule has 1 amide bonds. The lowest BCUT2D eigenvalue weighted by Crippen LogP contribution is -2.28. The molecular formula is C23H24N6O3. The summed E-state index contributed by atoms with van der Waals surface area (Å²) in [7, 11) is 1.61. The van der Waals surface area contributed by atoms with E-state index in [1.807, 2.05) is 24.3 Å². The number of fused-ring (bicyclic) bond motifs is 1.